The lowest BCUT2D eigenvalue weighted by Crippen LogP contribution is -2.59. The van der Waals surface area contributed by atoms with E-state index in [1.807, 2.05) is 24.3 Å². The number of nitrogens with zero attached hydrogens (tertiary/aromatic N) is 6. The summed E-state index contributed by atoms with van der Waals surface area (Å²) in [7, 11) is 0. The molecule has 4 amide bonds. The molecule has 2 fully saturated rings. The van der Waals surface area contributed by atoms with Crippen molar-refractivity contribution in [2.45, 2.75) is 6.92 Å². The minimum Gasteiger partial charge on any atom is -0.269 e. The number of nitriles is 4. The second kappa shape index (κ2) is 8.58. The van der Waals surface area contributed by atoms with Crippen molar-refractivity contribution < 1.29 is 19.2 Å². The molecule has 192 valence electrons. The molecular formula is C31H14N6O4. The normalized spacial score (nSPS) is 22.2. The fourth-order valence-electron chi connectivity index (χ4n) is 5.98. The van der Waals surface area contributed by atoms with E-state index < -0.39 is 35.0 Å². The van der Waals surface area contributed by atoms with Gasteiger partial charge >= 0.3 is 0 Å². The highest BCUT2D eigenvalue weighted by molar-refractivity contribution is 6.34. The quantitative estimate of drug-likeness (QED) is 0.529. The molecule has 10 nitrogen and oxygen atoms in total. The van der Waals surface area contributed by atoms with Crippen LogP contribution in [-0.2, 0) is 19.2 Å². The van der Waals surface area contributed by atoms with Crippen molar-refractivity contribution in [3.05, 3.63) is 105 Å². The molecule has 41 heavy (non-hydrogen) atoms. The van der Waals surface area contributed by atoms with Crippen molar-refractivity contribution in [2.75, 3.05) is 9.80 Å². The molecule has 0 saturated carbocycles. The van der Waals surface area contributed by atoms with Crippen LogP contribution in [-0.4, -0.2) is 23.6 Å². The summed E-state index contributed by atoms with van der Waals surface area (Å²) < 4.78 is 0. The molecule has 0 bridgehead atoms. The van der Waals surface area contributed by atoms with Crippen LogP contribution in [0, 0.1) is 56.7 Å². The topological polar surface area (TPSA) is 170 Å². The van der Waals surface area contributed by atoms with Gasteiger partial charge < -0.3 is 0 Å². The Bertz CT molecular complexity index is 1940. The van der Waals surface area contributed by atoms with E-state index in [1.165, 1.54) is 60.7 Å². The maximum atomic E-state index is 13.8. The first-order valence-electron chi connectivity index (χ1n) is 12.2. The second-order valence-electron chi connectivity index (χ2n) is 9.84. The first-order valence-corrected chi connectivity index (χ1v) is 12.2. The Labute approximate surface area is 232 Å². The minimum absolute atomic E-state index is 0.00414. The highest BCUT2D eigenvalue weighted by atomic mass is 16.2. The average molecular weight is 534 g/mol. The number of carbonyl (C=O) groups excluding carboxylic acids is 4. The van der Waals surface area contributed by atoms with Crippen molar-refractivity contribution in [1.82, 2.24) is 0 Å². The largest absolute Gasteiger partial charge is 0.269 e. The number of amides is 4. The fourth-order valence-corrected chi connectivity index (χ4v) is 5.98. The number of hydrogen-bond acceptors (Lipinski definition) is 8. The van der Waals surface area contributed by atoms with Gasteiger partial charge in [0.2, 0.25) is 0 Å². The zero-order chi connectivity index (χ0) is 29.2. The Kier molecular flexibility index (Phi) is 5.22. The van der Waals surface area contributed by atoms with Gasteiger partial charge in [-0.25, -0.2) is 9.80 Å². The van der Waals surface area contributed by atoms with Gasteiger partial charge in [0.15, 0.2) is 0 Å². The number of piperidine rings is 2. The molecule has 4 aliphatic rings. The summed E-state index contributed by atoms with van der Waals surface area (Å²) in [5.41, 5.74) is -0.154. The van der Waals surface area contributed by atoms with Gasteiger partial charge in [-0.1, -0.05) is 31.2 Å². The van der Waals surface area contributed by atoms with E-state index in [2.05, 4.69) is 0 Å². The van der Waals surface area contributed by atoms with E-state index in [9.17, 15) is 40.2 Å². The Morgan fingerprint density at radius 2 is 0.976 bits per heavy atom. The molecule has 2 aliphatic heterocycles. The number of carbonyl (C=O) groups is 4. The van der Waals surface area contributed by atoms with Crippen molar-refractivity contribution in [1.29, 1.82) is 21.0 Å². The van der Waals surface area contributed by atoms with E-state index >= 15 is 0 Å². The molecular weight excluding hydrogens is 520 g/mol. The predicted octanol–water partition coefficient (Wildman–Crippen LogP) is 2.98. The minimum atomic E-state index is -1.33. The van der Waals surface area contributed by atoms with Crippen LogP contribution in [0.5, 0.6) is 0 Å². The predicted molar refractivity (Wildman–Crippen MR) is 141 cm³/mol. The summed E-state index contributed by atoms with van der Waals surface area (Å²) in [6, 6.07) is 15.7. The number of anilines is 2. The second-order valence-corrected chi connectivity index (χ2v) is 9.84. The number of hydrogen-bond donors (Lipinski definition) is 0. The summed E-state index contributed by atoms with van der Waals surface area (Å²) in [5, 5.41) is 37.4. The highest BCUT2D eigenvalue weighted by Crippen LogP contribution is 2.58. The van der Waals surface area contributed by atoms with E-state index in [1.54, 1.807) is 6.92 Å². The lowest BCUT2D eigenvalue weighted by Gasteiger charge is -2.52. The van der Waals surface area contributed by atoms with Crippen LogP contribution in [0.1, 0.15) is 29.2 Å². The Morgan fingerprint density at radius 3 is 1.37 bits per heavy atom. The summed E-state index contributed by atoms with van der Waals surface area (Å²) in [5.74, 6) is -3.60. The van der Waals surface area contributed by atoms with Crippen molar-refractivity contribution in [3.8, 4) is 24.3 Å². The standard InChI is InChI=1S/C31H14N6O4/c1-31-24-8-6-22-26(31)23(28(39)36(27(22)38)20-4-2-16(12-32)18(10-20)14-34)7-9-25(31)30(41)37(29(24)40)21-5-3-17(13-33)19(11-21)15-35/h2-11,26H,1H3. The van der Waals surface area contributed by atoms with Gasteiger partial charge in [-0.15, -0.1) is 0 Å². The van der Waals surface area contributed by atoms with Gasteiger partial charge in [-0.3, -0.25) is 19.2 Å². The van der Waals surface area contributed by atoms with Crippen LogP contribution in [0.3, 0.4) is 0 Å². The number of rotatable bonds is 2. The molecule has 10 heteroatoms. The van der Waals surface area contributed by atoms with Gasteiger partial charge in [0.25, 0.3) is 23.6 Å². The summed E-state index contributed by atoms with van der Waals surface area (Å²) in [4.78, 5) is 57.1. The molecule has 0 N–H and O–H groups in total. The molecule has 6 rings (SSSR count). The summed E-state index contributed by atoms with van der Waals surface area (Å²) in [6.07, 6.45) is 5.84. The molecule has 0 aromatic heterocycles. The molecule has 2 heterocycles. The van der Waals surface area contributed by atoms with Gasteiger partial charge in [-0.05, 0) is 36.4 Å². The lowest BCUT2D eigenvalue weighted by molar-refractivity contribution is -0.129. The molecule has 2 saturated heterocycles. The highest BCUT2D eigenvalue weighted by Gasteiger charge is 2.61. The van der Waals surface area contributed by atoms with Crippen LogP contribution in [0.2, 0.25) is 0 Å². The van der Waals surface area contributed by atoms with E-state index in [-0.39, 0.29) is 55.9 Å². The van der Waals surface area contributed by atoms with Crippen LogP contribution in [0.15, 0.2) is 83.0 Å². The first kappa shape index (κ1) is 24.9. The maximum absolute atomic E-state index is 13.8. The van der Waals surface area contributed by atoms with Gasteiger partial charge in [0.1, 0.15) is 24.3 Å². The van der Waals surface area contributed by atoms with Gasteiger partial charge in [-0.2, -0.15) is 21.0 Å². The monoisotopic (exact) mass is 534 g/mol. The van der Waals surface area contributed by atoms with Crippen molar-refractivity contribution in [2.24, 2.45) is 11.3 Å². The Hall–Kier alpha value is -6.36. The first-order chi connectivity index (χ1) is 19.7. The fraction of sp³-hybridized carbons (Fsp3) is 0.0968. The zero-order valence-electron chi connectivity index (χ0n) is 21.2. The number of benzene rings is 2. The lowest BCUT2D eigenvalue weighted by atomic mass is 9.54. The average Bonchev–Trinajstić information content (AvgIpc) is 2.98. The van der Waals surface area contributed by atoms with Crippen LogP contribution < -0.4 is 9.80 Å². The van der Waals surface area contributed by atoms with E-state index in [4.69, 9.17) is 0 Å². The third-order valence-corrected chi connectivity index (χ3v) is 7.95. The Balaban J connectivity index is 1.51. The molecule has 0 radical (unpaired) electrons. The molecule has 2 aromatic carbocycles. The molecule has 0 spiro atoms. The summed E-state index contributed by atoms with van der Waals surface area (Å²) in [6.45, 7) is 1.65. The molecule has 0 atom stereocenters. The molecule has 2 aromatic rings. The smallest absolute Gasteiger partial charge is 0.262 e. The van der Waals surface area contributed by atoms with Crippen LogP contribution >= 0.6 is 0 Å². The van der Waals surface area contributed by atoms with Crippen molar-refractivity contribution >= 4 is 35.0 Å². The van der Waals surface area contributed by atoms with E-state index in [0.29, 0.717) is 0 Å². The Morgan fingerprint density at radius 1 is 0.585 bits per heavy atom. The molecule has 2 aliphatic carbocycles. The number of imide groups is 2. The molecule has 0 unspecified atom stereocenters. The SMILES string of the molecule is CC12C3=CC=C4C(=O)N(c5ccc(C#N)c(C#N)c5)C(=O)C(=CC=C1C(=O)N(c1ccc(C#N)c(C#N)c1)C3=O)C42. The van der Waals surface area contributed by atoms with Crippen molar-refractivity contribution in [3.63, 3.8) is 0 Å². The van der Waals surface area contributed by atoms with E-state index in [0.717, 1.165) is 9.80 Å². The van der Waals surface area contributed by atoms with Gasteiger partial charge in [0, 0.05) is 33.6 Å². The summed E-state index contributed by atoms with van der Waals surface area (Å²) >= 11 is 0. The number of allylic oxidation sites excluding steroid dienone is 4. The maximum Gasteiger partial charge on any atom is 0.262 e. The van der Waals surface area contributed by atoms with Gasteiger partial charge in [0.05, 0.1) is 33.6 Å². The third-order valence-electron chi connectivity index (χ3n) is 7.95. The van der Waals surface area contributed by atoms with Crippen LogP contribution in [0.4, 0.5) is 11.4 Å². The van der Waals surface area contributed by atoms with Crippen LogP contribution in [0.25, 0.3) is 0 Å². The zero-order valence-corrected chi connectivity index (χ0v) is 21.2. The third kappa shape index (κ3) is 3.14.